The first kappa shape index (κ1) is 16.0. The maximum Gasteiger partial charge on any atom is 0.0683 e. The summed E-state index contributed by atoms with van der Waals surface area (Å²) in [4.78, 5) is 0. The van der Waals surface area contributed by atoms with Crippen LogP contribution in [-0.2, 0) is 0 Å². The summed E-state index contributed by atoms with van der Waals surface area (Å²) in [7, 11) is 0. The van der Waals surface area contributed by atoms with Gasteiger partial charge < -0.3 is 5.32 Å². The summed E-state index contributed by atoms with van der Waals surface area (Å²) < 4.78 is 0. The Morgan fingerprint density at radius 1 is 1.32 bits per heavy atom. The fourth-order valence-corrected chi connectivity index (χ4v) is 2.30. The Morgan fingerprint density at radius 2 is 2.00 bits per heavy atom. The highest BCUT2D eigenvalue weighted by molar-refractivity contribution is 6.31. The van der Waals surface area contributed by atoms with Crippen molar-refractivity contribution in [1.29, 1.82) is 5.26 Å². The topological polar surface area (TPSA) is 35.8 Å². The van der Waals surface area contributed by atoms with Crippen molar-refractivity contribution in [2.75, 3.05) is 6.54 Å². The van der Waals surface area contributed by atoms with Crippen molar-refractivity contribution in [2.45, 2.75) is 46.1 Å². The third-order valence-corrected chi connectivity index (χ3v) is 3.70. The molecule has 1 N–H and O–H groups in total. The van der Waals surface area contributed by atoms with E-state index in [9.17, 15) is 0 Å². The highest BCUT2D eigenvalue weighted by atomic mass is 35.5. The molecule has 0 fully saturated rings. The van der Waals surface area contributed by atoms with E-state index in [-0.39, 0.29) is 11.5 Å². The van der Waals surface area contributed by atoms with Crippen molar-refractivity contribution in [3.63, 3.8) is 0 Å². The molecule has 1 atom stereocenters. The lowest BCUT2D eigenvalue weighted by Gasteiger charge is -2.17. The number of rotatable bonds is 7. The molecule has 19 heavy (non-hydrogen) atoms. The van der Waals surface area contributed by atoms with Crippen molar-refractivity contribution in [3.8, 4) is 6.07 Å². The van der Waals surface area contributed by atoms with E-state index < -0.39 is 0 Å². The van der Waals surface area contributed by atoms with Gasteiger partial charge in [0.2, 0.25) is 0 Å². The van der Waals surface area contributed by atoms with Crippen LogP contribution >= 0.6 is 11.6 Å². The lowest BCUT2D eigenvalue weighted by molar-refractivity contribution is 0.418. The zero-order chi connectivity index (χ0) is 14.3. The molecule has 0 amide bonds. The highest BCUT2D eigenvalue weighted by Crippen LogP contribution is 2.23. The first-order valence-corrected chi connectivity index (χ1v) is 7.23. The smallest absolute Gasteiger partial charge is 0.0683 e. The van der Waals surface area contributed by atoms with Crippen LogP contribution in [0.5, 0.6) is 0 Å². The summed E-state index contributed by atoms with van der Waals surface area (Å²) in [5.41, 5.74) is 0.940. The molecule has 104 valence electrons. The Bertz CT molecular complexity index is 435. The van der Waals surface area contributed by atoms with Gasteiger partial charge in [-0.05, 0) is 51.8 Å². The van der Waals surface area contributed by atoms with Gasteiger partial charge in [-0.15, -0.1) is 0 Å². The van der Waals surface area contributed by atoms with Gasteiger partial charge in [-0.2, -0.15) is 5.26 Å². The van der Waals surface area contributed by atoms with Gasteiger partial charge in [0.1, 0.15) is 0 Å². The van der Waals surface area contributed by atoms with E-state index in [0.29, 0.717) is 0 Å². The first-order chi connectivity index (χ1) is 8.96. The minimum atomic E-state index is -0.200. The number of hydrogen-bond donors (Lipinski definition) is 1. The van der Waals surface area contributed by atoms with Crippen molar-refractivity contribution < 1.29 is 0 Å². The molecule has 0 aliphatic carbocycles. The standard InChI is InChI=1S/C16H23ClN2/c1-13(14-8-4-5-9-15(14)17)19-11-7-6-10-16(2,3)12-18/h4-5,8-9,13,19H,6-7,10-11H2,1-3H3/t13-/m0/s1. The maximum atomic E-state index is 8.94. The van der Waals surface area contributed by atoms with E-state index >= 15 is 0 Å². The third-order valence-electron chi connectivity index (χ3n) is 3.35. The van der Waals surface area contributed by atoms with E-state index in [2.05, 4.69) is 24.4 Å². The maximum absolute atomic E-state index is 8.94. The molecular formula is C16H23ClN2. The molecule has 0 unspecified atom stereocenters. The van der Waals surface area contributed by atoms with Crippen LogP contribution in [0.2, 0.25) is 5.02 Å². The predicted molar refractivity (Wildman–Crippen MR) is 81.1 cm³/mol. The first-order valence-electron chi connectivity index (χ1n) is 6.85. The van der Waals surface area contributed by atoms with E-state index in [1.165, 1.54) is 0 Å². The monoisotopic (exact) mass is 278 g/mol. The van der Waals surface area contributed by atoms with Crippen LogP contribution in [0.1, 0.15) is 51.6 Å². The Kier molecular flexibility index (Phi) is 6.34. The molecular weight excluding hydrogens is 256 g/mol. The minimum absolute atomic E-state index is 0.200. The van der Waals surface area contributed by atoms with Crippen LogP contribution in [0.25, 0.3) is 0 Å². The molecule has 0 heterocycles. The summed E-state index contributed by atoms with van der Waals surface area (Å²) in [5, 5.41) is 13.2. The van der Waals surface area contributed by atoms with Gasteiger partial charge in [-0.3, -0.25) is 0 Å². The number of hydrogen-bond acceptors (Lipinski definition) is 2. The van der Waals surface area contributed by atoms with Gasteiger partial charge in [0.25, 0.3) is 0 Å². The Morgan fingerprint density at radius 3 is 2.63 bits per heavy atom. The molecule has 0 aliphatic heterocycles. The molecule has 0 aromatic heterocycles. The van der Waals surface area contributed by atoms with Gasteiger partial charge in [-0.25, -0.2) is 0 Å². The minimum Gasteiger partial charge on any atom is -0.310 e. The molecule has 0 spiro atoms. The van der Waals surface area contributed by atoms with Crippen LogP contribution in [0.15, 0.2) is 24.3 Å². The van der Waals surface area contributed by atoms with Crippen LogP contribution in [0.3, 0.4) is 0 Å². The van der Waals surface area contributed by atoms with Crippen LogP contribution in [0, 0.1) is 16.7 Å². The van der Waals surface area contributed by atoms with Crippen molar-refractivity contribution in [3.05, 3.63) is 34.9 Å². The highest BCUT2D eigenvalue weighted by Gasteiger charge is 2.15. The SMILES string of the molecule is C[C@H](NCCCCC(C)(C)C#N)c1ccccc1Cl. The molecule has 3 heteroatoms. The quantitative estimate of drug-likeness (QED) is 0.733. The molecule has 0 radical (unpaired) electrons. The normalized spacial score (nSPS) is 13.0. The average molecular weight is 279 g/mol. The van der Waals surface area contributed by atoms with Crippen molar-refractivity contribution in [2.24, 2.45) is 5.41 Å². The zero-order valence-corrected chi connectivity index (χ0v) is 12.8. The van der Waals surface area contributed by atoms with E-state index in [4.69, 9.17) is 16.9 Å². The van der Waals surface area contributed by atoms with E-state index in [0.717, 1.165) is 36.4 Å². The second-order valence-corrected chi connectivity index (χ2v) is 6.06. The summed E-state index contributed by atoms with van der Waals surface area (Å²) in [5.74, 6) is 0. The van der Waals surface area contributed by atoms with Gasteiger partial charge in [0.05, 0.1) is 11.5 Å². The molecule has 0 saturated heterocycles. The Balaban J connectivity index is 2.27. The summed E-state index contributed by atoms with van der Waals surface area (Å²) >= 11 is 6.16. The second-order valence-electron chi connectivity index (χ2n) is 5.65. The fourth-order valence-electron chi connectivity index (χ4n) is 2.00. The summed E-state index contributed by atoms with van der Waals surface area (Å²) in [6.07, 6.45) is 3.11. The largest absolute Gasteiger partial charge is 0.310 e. The van der Waals surface area contributed by atoms with Crippen molar-refractivity contribution >= 4 is 11.6 Å². The van der Waals surface area contributed by atoms with Gasteiger partial charge in [0.15, 0.2) is 0 Å². The third kappa shape index (κ3) is 5.63. The van der Waals surface area contributed by atoms with E-state index in [1.54, 1.807) is 0 Å². The van der Waals surface area contributed by atoms with Gasteiger partial charge >= 0.3 is 0 Å². The van der Waals surface area contributed by atoms with Crippen LogP contribution < -0.4 is 5.32 Å². The number of nitrogens with one attached hydrogen (secondary N) is 1. The molecule has 1 rings (SSSR count). The lowest BCUT2D eigenvalue weighted by Crippen LogP contribution is -2.20. The molecule has 0 saturated carbocycles. The Hall–Kier alpha value is -1.04. The number of nitriles is 1. The summed E-state index contributed by atoms with van der Waals surface area (Å²) in [6, 6.07) is 10.5. The summed E-state index contributed by atoms with van der Waals surface area (Å²) in [6.45, 7) is 7.06. The molecule has 2 nitrogen and oxygen atoms in total. The fraction of sp³-hybridized carbons (Fsp3) is 0.562. The molecule has 0 bridgehead atoms. The van der Waals surface area contributed by atoms with Crippen LogP contribution in [0.4, 0.5) is 0 Å². The number of unbranched alkanes of at least 4 members (excludes halogenated alkanes) is 1. The molecule has 1 aromatic rings. The zero-order valence-electron chi connectivity index (χ0n) is 12.0. The Labute approximate surface area is 121 Å². The second kappa shape index (κ2) is 7.53. The number of benzene rings is 1. The average Bonchev–Trinajstić information content (AvgIpc) is 2.38. The van der Waals surface area contributed by atoms with Crippen molar-refractivity contribution in [1.82, 2.24) is 5.32 Å². The number of halogens is 1. The van der Waals surface area contributed by atoms with E-state index in [1.807, 2.05) is 32.0 Å². The molecule has 0 aliphatic rings. The molecule has 1 aromatic carbocycles. The lowest BCUT2D eigenvalue weighted by atomic mass is 9.89. The predicted octanol–water partition coefficient (Wildman–Crippen LogP) is 4.71. The van der Waals surface area contributed by atoms with Gasteiger partial charge in [-0.1, -0.05) is 36.2 Å². The van der Waals surface area contributed by atoms with Gasteiger partial charge in [0, 0.05) is 11.1 Å². The number of nitrogens with zero attached hydrogens (tertiary/aromatic N) is 1. The van der Waals surface area contributed by atoms with Crippen LogP contribution in [-0.4, -0.2) is 6.54 Å².